The Morgan fingerprint density at radius 2 is 1.95 bits per heavy atom. The van der Waals surface area contributed by atoms with E-state index in [1.165, 1.54) is 0 Å². The molecule has 1 N–H and O–H groups in total. The van der Waals surface area contributed by atoms with Gasteiger partial charge in [0.25, 0.3) is 0 Å². The number of rotatable bonds is 4. The van der Waals surface area contributed by atoms with E-state index in [4.69, 9.17) is 9.47 Å². The van der Waals surface area contributed by atoms with Crippen LogP contribution in [0.4, 0.5) is 17.5 Å². The fourth-order valence-electron chi connectivity index (χ4n) is 2.10. The Morgan fingerprint density at radius 3 is 2.67 bits per heavy atom. The molecular formula is C14H17N5O2. The van der Waals surface area contributed by atoms with Crippen LogP contribution in [-0.2, 0) is 4.74 Å². The highest BCUT2D eigenvalue weighted by molar-refractivity contribution is 5.55. The third kappa shape index (κ3) is 3.38. The van der Waals surface area contributed by atoms with Gasteiger partial charge in [0.2, 0.25) is 5.95 Å². The first-order valence-corrected chi connectivity index (χ1v) is 6.78. The maximum atomic E-state index is 5.34. The minimum Gasteiger partial charge on any atom is -0.497 e. The van der Waals surface area contributed by atoms with Crippen molar-refractivity contribution in [3.63, 3.8) is 0 Å². The number of aromatic nitrogens is 3. The smallest absolute Gasteiger partial charge is 0.249 e. The van der Waals surface area contributed by atoms with Gasteiger partial charge in [0.1, 0.15) is 5.75 Å². The highest BCUT2D eigenvalue weighted by Gasteiger charge is 2.13. The summed E-state index contributed by atoms with van der Waals surface area (Å²) in [7, 11) is 1.64. The molecule has 1 saturated heterocycles. The topological polar surface area (TPSA) is 72.4 Å². The zero-order valence-corrected chi connectivity index (χ0v) is 11.8. The summed E-state index contributed by atoms with van der Waals surface area (Å²) in [5.41, 5.74) is 0.886. The van der Waals surface area contributed by atoms with E-state index in [1.807, 2.05) is 24.3 Å². The first kappa shape index (κ1) is 13.6. The molecule has 1 aromatic heterocycles. The molecule has 0 radical (unpaired) electrons. The van der Waals surface area contributed by atoms with E-state index in [1.54, 1.807) is 13.3 Å². The van der Waals surface area contributed by atoms with Crippen molar-refractivity contribution >= 4 is 17.5 Å². The summed E-state index contributed by atoms with van der Waals surface area (Å²) in [6, 6.07) is 7.57. The molecule has 0 atom stereocenters. The van der Waals surface area contributed by atoms with Crippen LogP contribution in [0.3, 0.4) is 0 Å². The van der Waals surface area contributed by atoms with Crippen LogP contribution in [0.1, 0.15) is 0 Å². The van der Waals surface area contributed by atoms with Crippen molar-refractivity contribution in [3.8, 4) is 5.75 Å². The number of hydrogen-bond acceptors (Lipinski definition) is 7. The van der Waals surface area contributed by atoms with Crippen molar-refractivity contribution in [2.45, 2.75) is 0 Å². The Labute approximate surface area is 122 Å². The van der Waals surface area contributed by atoms with Gasteiger partial charge in [0.15, 0.2) is 5.82 Å². The van der Waals surface area contributed by atoms with Crippen LogP contribution in [0.25, 0.3) is 0 Å². The van der Waals surface area contributed by atoms with E-state index in [0.717, 1.165) is 30.3 Å². The average Bonchev–Trinajstić information content (AvgIpc) is 2.57. The maximum Gasteiger partial charge on any atom is 0.249 e. The van der Waals surface area contributed by atoms with Gasteiger partial charge in [-0.1, -0.05) is 0 Å². The molecule has 0 amide bonds. The van der Waals surface area contributed by atoms with E-state index in [9.17, 15) is 0 Å². The third-order valence-electron chi connectivity index (χ3n) is 3.23. The minimum absolute atomic E-state index is 0.476. The molecule has 0 saturated carbocycles. The van der Waals surface area contributed by atoms with Gasteiger partial charge in [-0.25, -0.2) is 0 Å². The van der Waals surface area contributed by atoms with Crippen LogP contribution in [0.2, 0.25) is 0 Å². The summed E-state index contributed by atoms with van der Waals surface area (Å²) in [6.45, 7) is 3.07. The number of ether oxygens (including phenoxy) is 2. The molecule has 0 spiro atoms. The van der Waals surface area contributed by atoms with Gasteiger partial charge in [-0.2, -0.15) is 10.1 Å². The van der Waals surface area contributed by atoms with E-state index in [-0.39, 0.29) is 0 Å². The fourth-order valence-corrected chi connectivity index (χ4v) is 2.10. The number of nitrogens with zero attached hydrogens (tertiary/aromatic N) is 4. The second kappa shape index (κ2) is 6.36. The summed E-state index contributed by atoms with van der Waals surface area (Å²) in [6.07, 6.45) is 1.67. The van der Waals surface area contributed by atoms with Gasteiger partial charge < -0.3 is 19.7 Å². The summed E-state index contributed by atoms with van der Waals surface area (Å²) in [5, 5.41) is 11.2. The predicted molar refractivity (Wildman–Crippen MR) is 79.1 cm³/mol. The molecule has 2 heterocycles. The van der Waals surface area contributed by atoms with Crippen molar-refractivity contribution in [1.29, 1.82) is 0 Å². The van der Waals surface area contributed by atoms with Crippen LogP contribution in [-0.4, -0.2) is 48.6 Å². The second-order valence-corrected chi connectivity index (χ2v) is 4.59. The Hall–Kier alpha value is -2.41. The Kier molecular flexibility index (Phi) is 4.11. The zero-order chi connectivity index (χ0) is 14.5. The quantitative estimate of drug-likeness (QED) is 0.912. The normalized spacial score (nSPS) is 14.8. The highest BCUT2D eigenvalue weighted by Crippen LogP contribution is 2.19. The lowest BCUT2D eigenvalue weighted by molar-refractivity contribution is 0.122. The van der Waals surface area contributed by atoms with Gasteiger partial charge in [-0.3, -0.25) is 0 Å². The van der Waals surface area contributed by atoms with E-state index in [2.05, 4.69) is 25.4 Å². The molecule has 1 aliphatic rings. The molecule has 3 rings (SSSR count). The van der Waals surface area contributed by atoms with Crippen LogP contribution in [0, 0.1) is 0 Å². The van der Waals surface area contributed by atoms with Crippen LogP contribution in [0.15, 0.2) is 30.5 Å². The lowest BCUT2D eigenvalue weighted by Gasteiger charge is -2.27. The van der Waals surface area contributed by atoms with Crippen LogP contribution < -0.4 is 15.0 Å². The summed E-state index contributed by atoms with van der Waals surface area (Å²) in [5.74, 6) is 2.09. The SMILES string of the molecule is COc1ccc(Nc2nncc(N3CCOCC3)n2)cc1. The predicted octanol–water partition coefficient (Wildman–Crippen LogP) is 1.46. The van der Waals surface area contributed by atoms with Gasteiger partial charge in [0.05, 0.1) is 26.5 Å². The molecule has 7 nitrogen and oxygen atoms in total. The molecule has 2 aromatic rings. The number of methoxy groups -OCH3 is 1. The van der Waals surface area contributed by atoms with Gasteiger partial charge in [-0.15, -0.1) is 5.10 Å². The second-order valence-electron chi connectivity index (χ2n) is 4.59. The molecule has 0 aliphatic carbocycles. The number of benzene rings is 1. The molecule has 7 heteroatoms. The maximum absolute atomic E-state index is 5.34. The van der Waals surface area contributed by atoms with Gasteiger partial charge in [0, 0.05) is 18.8 Å². The van der Waals surface area contributed by atoms with Crippen molar-refractivity contribution in [3.05, 3.63) is 30.5 Å². The van der Waals surface area contributed by atoms with Crippen LogP contribution >= 0.6 is 0 Å². The van der Waals surface area contributed by atoms with Crippen molar-refractivity contribution in [2.75, 3.05) is 43.6 Å². The Bertz CT molecular complexity index is 584. The molecule has 0 bridgehead atoms. The van der Waals surface area contributed by atoms with Gasteiger partial charge >= 0.3 is 0 Å². The standard InChI is InChI=1S/C14H17N5O2/c1-20-12-4-2-11(3-5-12)16-14-17-13(10-15-18-14)19-6-8-21-9-7-19/h2-5,10H,6-9H2,1H3,(H,16,17,18). The fraction of sp³-hybridized carbons (Fsp3) is 0.357. The lowest BCUT2D eigenvalue weighted by atomic mass is 10.3. The molecule has 110 valence electrons. The number of nitrogens with one attached hydrogen (secondary N) is 1. The Balaban J connectivity index is 1.72. The number of hydrogen-bond donors (Lipinski definition) is 1. The largest absolute Gasteiger partial charge is 0.497 e. The van der Waals surface area contributed by atoms with Crippen molar-refractivity contribution < 1.29 is 9.47 Å². The number of morpholine rings is 1. The molecule has 0 unspecified atom stereocenters. The minimum atomic E-state index is 0.476. The highest BCUT2D eigenvalue weighted by atomic mass is 16.5. The molecule has 1 fully saturated rings. The van der Waals surface area contributed by atoms with Crippen molar-refractivity contribution in [1.82, 2.24) is 15.2 Å². The van der Waals surface area contributed by atoms with E-state index >= 15 is 0 Å². The molecule has 21 heavy (non-hydrogen) atoms. The zero-order valence-electron chi connectivity index (χ0n) is 11.8. The summed E-state index contributed by atoms with van der Waals surface area (Å²) in [4.78, 5) is 6.62. The monoisotopic (exact) mass is 287 g/mol. The lowest BCUT2D eigenvalue weighted by Crippen LogP contribution is -2.36. The molecule has 1 aromatic carbocycles. The van der Waals surface area contributed by atoms with Crippen molar-refractivity contribution in [2.24, 2.45) is 0 Å². The van der Waals surface area contributed by atoms with Crippen LogP contribution in [0.5, 0.6) is 5.75 Å². The third-order valence-corrected chi connectivity index (χ3v) is 3.23. The van der Waals surface area contributed by atoms with E-state index < -0.39 is 0 Å². The first-order chi connectivity index (χ1) is 10.3. The van der Waals surface area contributed by atoms with E-state index in [0.29, 0.717) is 19.2 Å². The summed E-state index contributed by atoms with van der Waals surface area (Å²) >= 11 is 0. The molecular weight excluding hydrogens is 270 g/mol. The first-order valence-electron chi connectivity index (χ1n) is 6.78. The Morgan fingerprint density at radius 1 is 1.19 bits per heavy atom. The molecule has 1 aliphatic heterocycles. The van der Waals surface area contributed by atoms with Gasteiger partial charge in [-0.05, 0) is 24.3 Å². The number of anilines is 3. The average molecular weight is 287 g/mol. The summed E-state index contributed by atoms with van der Waals surface area (Å²) < 4.78 is 10.5.